The van der Waals surface area contributed by atoms with Gasteiger partial charge in [-0.15, -0.1) is 0 Å². The maximum atomic E-state index is 5.80. The van der Waals surface area contributed by atoms with Gasteiger partial charge in [-0.1, -0.05) is 36.4 Å². The van der Waals surface area contributed by atoms with Crippen LogP contribution >= 0.6 is 0 Å². The van der Waals surface area contributed by atoms with Gasteiger partial charge in [-0.3, -0.25) is 0 Å². The molecule has 1 heterocycles. The molecule has 140 valence electrons. The lowest BCUT2D eigenvalue weighted by Crippen LogP contribution is -2.42. The van der Waals surface area contributed by atoms with Crippen molar-refractivity contribution in [3.63, 3.8) is 0 Å². The Balaban J connectivity index is 1.79. The summed E-state index contributed by atoms with van der Waals surface area (Å²) in [6.45, 7) is 6.35. The standard InChI is InChI=1S/C22H29NO3/c1-4-26-22-14-18(10-11-21(22)24-3)19-15-25-13-12-20(19)23-16(2)17-8-6-5-7-9-17/h5-11,14,16,19-20,23H,4,12-13,15H2,1-3H3/t16-,19-,20-/m1/s1. The molecular formula is C22H29NO3. The monoisotopic (exact) mass is 355 g/mol. The minimum atomic E-state index is 0.292. The molecule has 0 aromatic heterocycles. The van der Waals surface area contributed by atoms with Crippen molar-refractivity contribution in [3.05, 3.63) is 59.7 Å². The summed E-state index contributed by atoms with van der Waals surface area (Å²) in [4.78, 5) is 0. The highest BCUT2D eigenvalue weighted by Gasteiger charge is 2.29. The zero-order valence-corrected chi connectivity index (χ0v) is 15.9. The second-order valence-electron chi connectivity index (χ2n) is 6.72. The van der Waals surface area contributed by atoms with Crippen molar-refractivity contribution in [2.24, 2.45) is 0 Å². The van der Waals surface area contributed by atoms with Crippen LogP contribution in [0.2, 0.25) is 0 Å². The van der Waals surface area contributed by atoms with Crippen molar-refractivity contribution in [2.75, 3.05) is 26.9 Å². The summed E-state index contributed by atoms with van der Waals surface area (Å²) < 4.78 is 17.0. The van der Waals surface area contributed by atoms with Crippen molar-refractivity contribution in [2.45, 2.75) is 38.3 Å². The fourth-order valence-corrected chi connectivity index (χ4v) is 3.62. The Kier molecular flexibility index (Phi) is 6.53. The van der Waals surface area contributed by atoms with E-state index in [0.29, 0.717) is 24.6 Å². The van der Waals surface area contributed by atoms with E-state index < -0.39 is 0 Å². The highest BCUT2D eigenvalue weighted by Crippen LogP contribution is 2.34. The van der Waals surface area contributed by atoms with Crippen LogP contribution in [0.4, 0.5) is 0 Å². The number of methoxy groups -OCH3 is 1. The third-order valence-corrected chi connectivity index (χ3v) is 5.04. The highest BCUT2D eigenvalue weighted by molar-refractivity contribution is 5.44. The van der Waals surface area contributed by atoms with E-state index in [1.807, 2.05) is 13.0 Å². The van der Waals surface area contributed by atoms with Crippen LogP contribution in [0.1, 0.15) is 43.4 Å². The summed E-state index contributed by atoms with van der Waals surface area (Å²) >= 11 is 0. The molecule has 0 amide bonds. The Morgan fingerprint density at radius 2 is 1.96 bits per heavy atom. The first-order valence-corrected chi connectivity index (χ1v) is 9.42. The lowest BCUT2D eigenvalue weighted by atomic mass is 9.87. The lowest BCUT2D eigenvalue weighted by Gasteiger charge is -2.35. The van der Waals surface area contributed by atoms with Gasteiger partial charge in [-0.25, -0.2) is 0 Å². The van der Waals surface area contributed by atoms with Crippen LogP contribution in [0.5, 0.6) is 11.5 Å². The number of hydrogen-bond donors (Lipinski definition) is 1. The van der Waals surface area contributed by atoms with Crippen LogP contribution in [0.3, 0.4) is 0 Å². The third kappa shape index (κ3) is 4.37. The lowest BCUT2D eigenvalue weighted by molar-refractivity contribution is 0.0571. The van der Waals surface area contributed by atoms with Crippen LogP contribution in [-0.4, -0.2) is 33.0 Å². The molecule has 1 saturated heterocycles. The van der Waals surface area contributed by atoms with Gasteiger partial charge in [-0.05, 0) is 43.5 Å². The van der Waals surface area contributed by atoms with Crippen molar-refractivity contribution >= 4 is 0 Å². The maximum absolute atomic E-state index is 5.80. The molecule has 3 rings (SSSR count). The number of hydrogen-bond acceptors (Lipinski definition) is 4. The number of rotatable bonds is 7. The van der Waals surface area contributed by atoms with Crippen LogP contribution in [-0.2, 0) is 4.74 Å². The van der Waals surface area contributed by atoms with Gasteiger partial charge < -0.3 is 19.5 Å². The molecule has 2 aromatic rings. The van der Waals surface area contributed by atoms with E-state index in [1.165, 1.54) is 11.1 Å². The quantitative estimate of drug-likeness (QED) is 0.803. The first-order chi connectivity index (χ1) is 12.7. The van der Waals surface area contributed by atoms with Crippen LogP contribution in [0.25, 0.3) is 0 Å². The smallest absolute Gasteiger partial charge is 0.161 e. The second-order valence-corrected chi connectivity index (χ2v) is 6.72. The summed E-state index contributed by atoms with van der Waals surface area (Å²) in [6.07, 6.45) is 0.998. The van der Waals surface area contributed by atoms with Gasteiger partial charge in [0.1, 0.15) is 0 Å². The molecular weight excluding hydrogens is 326 g/mol. The Morgan fingerprint density at radius 3 is 2.69 bits per heavy atom. The average molecular weight is 355 g/mol. The summed E-state index contributed by atoms with van der Waals surface area (Å²) in [5.41, 5.74) is 2.54. The fourth-order valence-electron chi connectivity index (χ4n) is 3.62. The molecule has 26 heavy (non-hydrogen) atoms. The minimum absolute atomic E-state index is 0.292. The zero-order valence-electron chi connectivity index (χ0n) is 15.9. The first kappa shape index (κ1) is 18.7. The van der Waals surface area contributed by atoms with Crippen molar-refractivity contribution < 1.29 is 14.2 Å². The molecule has 0 saturated carbocycles. The van der Waals surface area contributed by atoms with E-state index >= 15 is 0 Å². The largest absolute Gasteiger partial charge is 0.493 e. The van der Waals surface area contributed by atoms with Crippen LogP contribution < -0.4 is 14.8 Å². The maximum Gasteiger partial charge on any atom is 0.161 e. The van der Waals surface area contributed by atoms with Crippen molar-refractivity contribution in [3.8, 4) is 11.5 Å². The Hall–Kier alpha value is -2.04. The molecule has 1 aliphatic heterocycles. The summed E-state index contributed by atoms with van der Waals surface area (Å²) in [5.74, 6) is 1.86. The van der Waals surface area contributed by atoms with E-state index in [1.54, 1.807) is 7.11 Å². The normalized spacial score (nSPS) is 21.2. The molecule has 1 aliphatic rings. The molecule has 1 N–H and O–H groups in total. The first-order valence-electron chi connectivity index (χ1n) is 9.42. The predicted octanol–water partition coefficient (Wildman–Crippen LogP) is 4.32. The van der Waals surface area contributed by atoms with Crippen molar-refractivity contribution in [1.82, 2.24) is 5.32 Å². The van der Waals surface area contributed by atoms with E-state index in [2.05, 4.69) is 54.7 Å². The number of benzene rings is 2. The van der Waals surface area contributed by atoms with Crippen LogP contribution in [0, 0.1) is 0 Å². The van der Waals surface area contributed by atoms with E-state index in [-0.39, 0.29) is 0 Å². The Bertz CT molecular complexity index is 689. The molecule has 0 spiro atoms. The predicted molar refractivity (Wildman–Crippen MR) is 104 cm³/mol. The number of ether oxygens (including phenoxy) is 3. The van der Waals surface area contributed by atoms with E-state index in [0.717, 1.165) is 31.1 Å². The molecule has 0 bridgehead atoms. The van der Waals surface area contributed by atoms with Gasteiger partial charge in [0, 0.05) is 24.6 Å². The third-order valence-electron chi connectivity index (χ3n) is 5.04. The molecule has 2 aromatic carbocycles. The van der Waals surface area contributed by atoms with Gasteiger partial charge in [0.25, 0.3) is 0 Å². The topological polar surface area (TPSA) is 39.7 Å². The SMILES string of the molecule is CCOc1cc([C@H]2COCC[C@H]2N[C@H](C)c2ccccc2)ccc1OC. The van der Waals surface area contributed by atoms with Gasteiger partial charge in [0.15, 0.2) is 11.5 Å². The van der Waals surface area contributed by atoms with Gasteiger partial charge >= 0.3 is 0 Å². The summed E-state index contributed by atoms with van der Waals surface area (Å²) in [5, 5.41) is 3.81. The minimum Gasteiger partial charge on any atom is -0.493 e. The molecule has 1 fully saturated rings. The molecule has 0 radical (unpaired) electrons. The fraction of sp³-hybridized carbons (Fsp3) is 0.455. The highest BCUT2D eigenvalue weighted by atomic mass is 16.5. The van der Waals surface area contributed by atoms with Gasteiger partial charge in [-0.2, -0.15) is 0 Å². The van der Waals surface area contributed by atoms with E-state index in [9.17, 15) is 0 Å². The van der Waals surface area contributed by atoms with E-state index in [4.69, 9.17) is 14.2 Å². The molecule has 4 nitrogen and oxygen atoms in total. The van der Waals surface area contributed by atoms with Crippen molar-refractivity contribution in [1.29, 1.82) is 0 Å². The average Bonchev–Trinajstić information content (AvgIpc) is 2.69. The second kappa shape index (κ2) is 9.06. The summed E-state index contributed by atoms with van der Waals surface area (Å²) in [6, 6.07) is 17.5. The Morgan fingerprint density at radius 1 is 1.15 bits per heavy atom. The molecule has 3 atom stereocenters. The van der Waals surface area contributed by atoms with Gasteiger partial charge in [0.05, 0.1) is 20.3 Å². The molecule has 0 aliphatic carbocycles. The molecule has 0 unspecified atom stereocenters. The van der Waals surface area contributed by atoms with Gasteiger partial charge in [0.2, 0.25) is 0 Å². The number of nitrogens with one attached hydrogen (secondary N) is 1. The Labute approximate surface area is 156 Å². The summed E-state index contributed by atoms with van der Waals surface area (Å²) in [7, 11) is 1.67. The van der Waals surface area contributed by atoms with Crippen LogP contribution in [0.15, 0.2) is 48.5 Å². The zero-order chi connectivity index (χ0) is 18.4. The molecule has 4 heteroatoms.